The summed E-state index contributed by atoms with van der Waals surface area (Å²) in [7, 11) is 0. The topological polar surface area (TPSA) is 29.9 Å². The molecule has 1 aromatic rings. The molecule has 1 heterocycles. The van der Waals surface area contributed by atoms with E-state index in [-0.39, 0.29) is 0 Å². The zero-order valence-corrected chi connectivity index (χ0v) is 11.6. The first-order chi connectivity index (χ1) is 8.22. The molecule has 3 nitrogen and oxygen atoms in total. The van der Waals surface area contributed by atoms with Gasteiger partial charge in [0.1, 0.15) is 0 Å². The number of rotatable bonds is 9. The lowest BCUT2D eigenvalue weighted by Gasteiger charge is -2.05. The van der Waals surface area contributed by atoms with Crippen LogP contribution in [0.15, 0.2) is 12.4 Å². The third kappa shape index (κ3) is 6.47. The Hall–Kier alpha value is -0.830. The smallest absolute Gasteiger partial charge is 0.0534 e. The van der Waals surface area contributed by atoms with Gasteiger partial charge in [-0.1, -0.05) is 40.0 Å². The maximum absolute atomic E-state index is 4.39. The fourth-order valence-electron chi connectivity index (χ4n) is 1.83. The predicted molar refractivity (Wildman–Crippen MR) is 72.9 cm³/mol. The van der Waals surface area contributed by atoms with Crippen molar-refractivity contribution in [3.8, 4) is 0 Å². The zero-order valence-electron chi connectivity index (χ0n) is 11.6. The van der Waals surface area contributed by atoms with Crippen molar-refractivity contribution in [1.82, 2.24) is 15.1 Å². The van der Waals surface area contributed by atoms with Crippen molar-refractivity contribution in [1.29, 1.82) is 0 Å². The zero-order chi connectivity index (χ0) is 12.5. The summed E-state index contributed by atoms with van der Waals surface area (Å²) in [6, 6.07) is 0. The van der Waals surface area contributed by atoms with Crippen LogP contribution in [-0.4, -0.2) is 16.3 Å². The van der Waals surface area contributed by atoms with Crippen molar-refractivity contribution in [2.45, 2.75) is 59.5 Å². The first-order valence-corrected chi connectivity index (χ1v) is 6.94. The molecule has 0 aromatic carbocycles. The first kappa shape index (κ1) is 14.2. The van der Waals surface area contributed by atoms with Crippen LogP contribution < -0.4 is 5.32 Å². The Balaban J connectivity index is 2.18. The van der Waals surface area contributed by atoms with Gasteiger partial charge in [-0.2, -0.15) is 5.10 Å². The van der Waals surface area contributed by atoms with E-state index in [1.165, 1.54) is 31.2 Å². The quantitative estimate of drug-likeness (QED) is 0.668. The Bertz CT molecular complexity index is 291. The molecule has 1 rings (SSSR count). The van der Waals surface area contributed by atoms with Gasteiger partial charge in [-0.05, 0) is 18.9 Å². The fourth-order valence-corrected chi connectivity index (χ4v) is 1.83. The van der Waals surface area contributed by atoms with Crippen LogP contribution in [0.25, 0.3) is 0 Å². The van der Waals surface area contributed by atoms with Gasteiger partial charge in [-0.3, -0.25) is 4.68 Å². The molecule has 98 valence electrons. The third-order valence-electron chi connectivity index (χ3n) is 2.81. The highest BCUT2D eigenvalue weighted by molar-refractivity contribution is 5.03. The summed E-state index contributed by atoms with van der Waals surface area (Å²) in [5.74, 6) is 0.707. The highest BCUT2D eigenvalue weighted by Gasteiger charge is 1.99. The summed E-state index contributed by atoms with van der Waals surface area (Å²) >= 11 is 0. The summed E-state index contributed by atoms with van der Waals surface area (Å²) in [6.45, 7) is 9.76. The molecular weight excluding hydrogens is 210 g/mol. The highest BCUT2D eigenvalue weighted by Crippen LogP contribution is 2.03. The first-order valence-electron chi connectivity index (χ1n) is 6.94. The largest absolute Gasteiger partial charge is 0.312 e. The minimum absolute atomic E-state index is 0.707. The third-order valence-corrected chi connectivity index (χ3v) is 2.81. The van der Waals surface area contributed by atoms with Gasteiger partial charge in [0.2, 0.25) is 0 Å². The number of nitrogens with zero attached hydrogens (tertiary/aromatic N) is 2. The standard InChI is InChI=1S/C14H27N3/c1-4-5-6-7-8-17-12-14(11-16-17)10-15-9-13(2)3/h11-13,15H,4-10H2,1-3H3. The van der Waals surface area contributed by atoms with Gasteiger partial charge >= 0.3 is 0 Å². The highest BCUT2D eigenvalue weighted by atomic mass is 15.3. The Kier molecular flexibility index (Phi) is 6.94. The van der Waals surface area contributed by atoms with Crippen molar-refractivity contribution in [3.63, 3.8) is 0 Å². The van der Waals surface area contributed by atoms with Crippen molar-refractivity contribution in [2.75, 3.05) is 6.54 Å². The molecule has 0 bridgehead atoms. The maximum atomic E-state index is 4.39. The molecule has 1 N–H and O–H groups in total. The normalized spacial score (nSPS) is 11.3. The second-order valence-electron chi connectivity index (χ2n) is 5.20. The van der Waals surface area contributed by atoms with Gasteiger partial charge < -0.3 is 5.32 Å². The molecule has 0 unspecified atom stereocenters. The second-order valence-corrected chi connectivity index (χ2v) is 5.20. The van der Waals surface area contributed by atoms with Crippen LogP contribution in [0.3, 0.4) is 0 Å². The monoisotopic (exact) mass is 237 g/mol. The minimum atomic E-state index is 0.707. The van der Waals surface area contributed by atoms with Gasteiger partial charge in [0, 0.05) is 24.8 Å². The second kappa shape index (κ2) is 8.29. The van der Waals surface area contributed by atoms with Gasteiger partial charge in [-0.25, -0.2) is 0 Å². The summed E-state index contributed by atoms with van der Waals surface area (Å²) in [4.78, 5) is 0. The van der Waals surface area contributed by atoms with Crippen LogP contribution in [0.5, 0.6) is 0 Å². The van der Waals surface area contributed by atoms with E-state index in [2.05, 4.69) is 42.1 Å². The number of hydrogen-bond acceptors (Lipinski definition) is 2. The van der Waals surface area contributed by atoms with Crippen molar-refractivity contribution in [3.05, 3.63) is 18.0 Å². The van der Waals surface area contributed by atoms with Crippen LogP contribution in [0.4, 0.5) is 0 Å². The minimum Gasteiger partial charge on any atom is -0.312 e. The average molecular weight is 237 g/mol. The van der Waals surface area contributed by atoms with Crippen molar-refractivity contribution in [2.24, 2.45) is 5.92 Å². The molecule has 0 fully saturated rings. The molecule has 0 aliphatic carbocycles. The lowest BCUT2D eigenvalue weighted by Crippen LogP contribution is -2.18. The summed E-state index contributed by atoms with van der Waals surface area (Å²) in [5, 5.41) is 7.83. The molecule has 0 spiro atoms. The van der Waals surface area contributed by atoms with Crippen LogP contribution >= 0.6 is 0 Å². The van der Waals surface area contributed by atoms with E-state index >= 15 is 0 Å². The summed E-state index contributed by atoms with van der Waals surface area (Å²) in [6.07, 6.45) is 9.34. The lowest BCUT2D eigenvalue weighted by molar-refractivity contribution is 0.538. The Labute approximate surface area is 106 Å². The molecule has 3 heteroatoms. The van der Waals surface area contributed by atoms with E-state index in [1.807, 2.05) is 6.20 Å². The summed E-state index contributed by atoms with van der Waals surface area (Å²) < 4.78 is 2.07. The number of hydrogen-bond donors (Lipinski definition) is 1. The summed E-state index contributed by atoms with van der Waals surface area (Å²) in [5.41, 5.74) is 1.29. The van der Waals surface area contributed by atoms with Crippen molar-refractivity contribution < 1.29 is 0 Å². The predicted octanol–water partition coefficient (Wildman–Crippen LogP) is 3.21. The molecule has 17 heavy (non-hydrogen) atoms. The van der Waals surface area contributed by atoms with Gasteiger partial charge in [-0.15, -0.1) is 0 Å². The molecular formula is C14H27N3. The number of unbranched alkanes of at least 4 members (excludes halogenated alkanes) is 3. The Morgan fingerprint density at radius 3 is 2.82 bits per heavy atom. The van der Waals surface area contributed by atoms with E-state index < -0.39 is 0 Å². The Morgan fingerprint density at radius 1 is 1.29 bits per heavy atom. The van der Waals surface area contributed by atoms with Gasteiger partial charge in [0.15, 0.2) is 0 Å². The molecule has 0 saturated heterocycles. The molecule has 0 aliphatic heterocycles. The van der Waals surface area contributed by atoms with E-state index in [0.29, 0.717) is 5.92 Å². The van der Waals surface area contributed by atoms with Gasteiger partial charge in [0.05, 0.1) is 6.20 Å². The number of aromatic nitrogens is 2. The van der Waals surface area contributed by atoms with E-state index in [1.54, 1.807) is 0 Å². The fraction of sp³-hybridized carbons (Fsp3) is 0.786. The molecule has 0 saturated carbocycles. The van der Waals surface area contributed by atoms with Crippen molar-refractivity contribution >= 4 is 0 Å². The molecule has 0 radical (unpaired) electrons. The van der Waals surface area contributed by atoms with Crippen LogP contribution in [0.1, 0.15) is 52.0 Å². The van der Waals surface area contributed by atoms with Gasteiger partial charge in [0.25, 0.3) is 0 Å². The van der Waals surface area contributed by atoms with E-state index in [9.17, 15) is 0 Å². The SMILES string of the molecule is CCCCCCn1cc(CNCC(C)C)cn1. The van der Waals surface area contributed by atoms with Crippen LogP contribution in [0, 0.1) is 5.92 Å². The van der Waals surface area contributed by atoms with Crippen LogP contribution in [0.2, 0.25) is 0 Å². The molecule has 0 aliphatic rings. The number of nitrogens with one attached hydrogen (secondary N) is 1. The average Bonchev–Trinajstić information content (AvgIpc) is 2.72. The molecule has 0 atom stereocenters. The maximum Gasteiger partial charge on any atom is 0.0534 e. The van der Waals surface area contributed by atoms with E-state index in [4.69, 9.17) is 0 Å². The Morgan fingerprint density at radius 2 is 2.12 bits per heavy atom. The lowest BCUT2D eigenvalue weighted by atomic mass is 10.2. The number of aryl methyl sites for hydroxylation is 1. The van der Waals surface area contributed by atoms with E-state index in [0.717, 1.165) is 19.6 Å². The van der Waals surface area contributed by atoms with Crippen LogP contribution in [-0.2, 0) is 13.1 Å². The molecule has 1 aromatic heterocycles. The molecule has 0 amide bonds.